The Labute approximate surface area is 107 Å². The fourth-order valence-corrected chi connectivity index (χ4v) is 2.13. The second-order valence-electron chi connectivity index (χ2n) is 4.87. The van der Waals surface area contributed by atoms with Crippen molar-refractivity contribution in [2.45, 2.75) is 33.6 Å². The minimum absolute atomic E-state index is 0.201. The van der Waals surface area contributed by atoms with Gasteiger partial charge in [-0.05, 0) is 43.0 Å². The number of hydrogen-bond acceptors (Lipinski definition) is 2. The summed E-state index contributed by atoms with van der Waals surface area (Å²) in [5, 5.41) is 3.87. The van der Waals surface area contributed by atoms with Crippen LogP contribution in [0.5, 0.6) is 0 Å². The highest BCUT2D eigenvalue weighted by Gasteiger charge is 2.13. The number of anilines is 1. The molecule has 2 rings (SSSR count). The Balaban J connectivity index is 2.75. The molecule has 0 amide bonds. The molecule has 0 saturated heterocycles. The number of aromatic nitrogens is 1. The molecular weight excluding hydrogens is 227 g/mol. The molecule has 1 aromatic heterocycles. The van der Waals surface area contributed by atoms with Crippen LogP contribution in [0.15, 0.2) is 18.2 Å². The summed E-state index contributed by atoms with van der Waals surface area (Å²) >= 11 is 0. The van der Waals surface area contributed by atoms with Crippen LogP contribution < -0.4 is 5.32 Å². The second-order valence-corrected chi connectivity index (χ2v) is 4.87. The van der Waals surface area contributed by atoms with Gasteiger partial charge in [-0.1, -0.05) is 19.9 Å². The van der Waals surface area contributed by atoms with Crippen LogP contribution in [0.25, 0.3) is 10.9 Å². The lowest BCUT2D eigenvalue weighted by Gasteiger charge is -2.15. The predicted molar refractivity (Wildman–Crippen MR) is 74.7 cm³/mol. The summed E-state index contributed by atoms with van der Waals surface area (Å²) in [6.45, 7) is 9.00. The molecule has 3 heteroatoms. The van der Waals surface area contributed by atoms with Crippen molar-refractivity contribution in [2.24, 2.45) is 0 Å². The average Bonchev–Trinajstić information content (AvgIpc) is 2.34. The van der Waals surface area contributed by atoms with Crippen molar-refractivity contribution in [1.82, 2.24) is 4.98 Å². The highest BCUT2D eigenvalue weighted by molar-refractivity contribution is 5.85. The van der Waals surface area contributed by atoms with Gasteiger partial charge in [0.15, 0.2) is 0 Å². The molecule has 2 aromatic rings. The van der Waals surface area contributed by atoms with E-state index < -0.39 is 0 Å². The van der Waals surface area contributed by atoms with Crippen LogP contribution in [0.4, 0.5) is 10.2 Å². The second kappa shape index (κ2) is 4.92. The highest BCUT2D eigenvalue weighted by Crippen LogP contribution is 2.29. The molecule has 0 aliphatic rings. The number of aryl methyl sites for hydroxylation is 1. The quantitative estimate of drug-likeness (QED) is 0.876. The van der Waals surface area contributed by atoms with Crippen LogP contribution in [-0.4, -0.2) is 11.5 Å². The molecule has 96 valence electrons. The van der Waals surface area contributed by atoms with Crippen molar-refractivity contribution in [2.75, 3.05) is 11.9 Å². The third-order valence-electron chi connectivity index (χ3n) is 3.13. The van der Waals surface area contributed by atoms with Gasteiger partial charge in [-0.25, -0.2) is 9.37 Å². The summed E-state index contributed by atoms with van der Waals surface area (Å²) < 4.78 is 13.9. The number of hydrogen-bond donors (Lipinski definition) is 1. The largest absolute Gasteiger partial charge is 0.370 e. The van der Waals surface area contributed by atoms with Crippen LogP contribution in [0, 0.1) is 12.7 Å². The molecule has 0 atom stereocenters. The molecule has 18 heavy (non-hydrogen) atoms. The van der Waals surface area contributed by atoms with Crippen molar-refractivity contribution in [1.29, 1.82) is 0 Å². The maximum absolute atomic E-state index is 13.9. The zero-order valence-corrected chi connectivity index (χ0v) is 11.3. The van der Waals surface area contributed by atoms with Crippen molar-refractivity contribution in [3.63, 3.8) is 0 Å². The summed E-state index contributed by atoms with van der Waals surface area (Å²) in [5.74, 6) is 0.984. The molecule has 0 unspecified atom stereocenters. The first kappa shape index (κ1) is 12.8. The monoisotopic (exact) mass is 246 g/mol. The Morgan fingerprint density at radius 1 is 1.33 bits per heavy atom. The molecular formula is C15H19FN2. The number of benzene rings is 1. The van der Waals surface area contributed by atoms with Gasteiger partial charge in [-0.2, -0.15) is 0 Å². The van der Waals surface area contributed by atoms with Gasteiger partial charge in [0.25, 0.3) is 0 Å². The Hall–Kier alpha value is -1.64. The number of nitrogens with zero attached hydrogens (tertiary/aromatic N) is 1. The molecule has 0 fully saturated rings. The van der Waals surface area contributed by atoms with E-state index in [0.29, 0.717) is 11.3 Å². The van der Waals surface area contributed by atoms with E-state index in [1.807, 2.05) is 19.9 Å². The van der Waals surface area contributed by atoms with E-state index in [1.165, 1.54) is 6.07 Å². The molecule has 0 radical (unpaired) electrons. The van der Waals surface area contributed by atoms with E-state index >= 15 is 0 Å². The van der Waals surface area contributed by atoms with Gasteiger partial charge < -0.3 is 5.32 Å². The Kier molecular flexibility index (Phi) is 3.50. The average molecular weight is 246 g/mol. The molecule has 0 aliphatic carbocycles. The number of nitrogens with one attached hydrogen (secondary N) is 1. The number of pyridine rings is 1. The molecule has 0 saturated carbocycles. The fraction of sp³-hybridized carbons (Fsp3) is 0.400. The summed E-state index contributed by atoms with van der Waals surface area (Å²) in [7, 11) is 0. The molecule has 1 aromatic carbocycles. The van der Waals surface area contributed by atoms with E-state index in [1.54, 1.807) is 6.07 Å². The molecule has 1 heterocycles. The summed E-state index contributed by atoms with van der Waals surface area (Å²) in [5.41, 5.74) is 2.81. The van der Waals surface area contributed by atoms with Crippen molar-refractivity contribution >= 4 is 16.7 Å². The van der Waals surface area contributed by atoms with Gasteiger partial charge in [0, 0.05) is 11.9 Å². The van der Waals surface area contributed by atoms with Gasteiger partial charge in [0.2, 0.25) is 0 Å². The normalized spacial score (nSPS) is 11.2. The van der Waals surface area contributed by atoms with E-state index in [4.69, 9.17) is 0 Å². The van der Waals surface area contributed by atoms with Crippen molar-refractivity contribution in [3.8, 4) is 0 Å². The van der Waals surface area contributed by atoms with Crippen LogP contribution in [0.3, 0.4) is 0 Å². The van der Waals surface area contributed by atoms with Crippen molar-refractivity contribution in [3.05, 3.63) is 35.1 Å². The third kappa shape index (κ3) is 2.17. The molecule has 0 aliphatic heterocycles. The summed E-state index contributed by atoms with van der Waals surface area (Å²) in [4.78, 5) is 4.60. The first-order valence-electron chi connectivity index (χ1n) is 6.38. The lowest BCUT2D eigenvalue weighted by molar-refractivity contribution is 0.639. The van der Waals surface area contributed by atoms with Gasteiger partial charge in [-0.15, -0.1) is 0 Å². The maximum atomic E-state index is 13.9. The van der Waals surface area contributed by atoms with Gasteiger partial charge >= 0.3 is 0 Å². The van der Waals surface area contributed by atoms with E-state index in [9.17, 15) is 4.39 Å². The third-order valence-corrected chi connectivity index (χ3v) is 3.13. The summed E-state index contributed by atoms with van der Waals surface area (Å²) in [6.07, 6.45) is 0. The van der Waals surface area contributed by atoms with Gasteiger partial charge in [-0.3, -0.25) is 0 Å². The van der Waals surface area contributed by atoms with Crippen LogP contribution in [-0.2, 0) is 0 Å². The van der Waals surface area contributed by atoms with Gasteiger partial charge in [0.05, 0.1) is 5.52 Å². The van der Waals surface area contributed by atoms with Crippen LogP contribution in [0.2, 0.25) is 0 Å². The lowest BCUT2D eigenvalue weighted by atomic mass is 10.0. The molecule has 2 nitrogen and oxygen atoms in total. The standard InChI is InChI=1S/C15H19FN2/c1-5-17-15-11(9(2)3)8-12-13(16)7-6-10(4)14(12)18-15/h6-9H,5H2,1-4H3,(H,17,18). The maximum Gasteiger partial charge on any atom is 0.132 e. The SMILES string of the molecule is CCNc1nc2c(C)ccc(F)c2cc1C(C)C. The molecule has 0 spiro atoms. The summed E-state index contributed by atoms with van der Waals surface area (Å²) in [6, 6.07) is 5.21. The Morgan fingerprint density at radius 2 is 2.06 bits per heavy atom. The Bertz CT molecular complexity index is 576. The smallest absolute Gasteiger partial charge is 0.132 e. The van der Waals surface area contributed by atoms with Crippen LogP contribution in [0.1, 0.15) is 37.8 Å². The Morgan fingerprint density at radius 3 is 2.67 bits per heavy atom. The van der Waals surface area contributed by atoms with E-state index in [0.717, 1.165) is 29.0 Å². The zero-order chi connectivity index (χ0) is 13.3. The predicted octanol–water partition coefficient (Wildman–Crippen LogP) is 4.24. The zero-order valence-electron chi connectivity index (χ0n) is 11.3. The first-order valence-corrected chi connectivity index (χ1v) is 6.38. The fourth-order valence-electron chi connectivity index (χ4n) is 2.13. The van der Waals surface area contributed by atoms with Gasteiger partial charge in [0.1, 0.15) is 11.6 Å². The number of halogens is 1. The highest BCUT2D eigenvalue weighted by atomic mass is 19.1. The first-order chi connectivity index (χ1) is 8.54. The molecule has 1 N–H and O–H groups in total. The van der Waals surface area contributed by atoms with Crippen LogP contribution >= 0.6 is 0 Å². The number of fused-ring (bicyclic) bond motifs is 1. The topological polar surface area (TPSA) is 24.9 Å². The lowest BCUT2D eigenvalue weighted by Crippen LogP contribution is -2.06. The minimum Gasteiger partial charge on any atom is -0.370 e. The van der Waals surface area contributed by atoms with E-state index in [2.05, 4.69) is 24.1 Å². The number of rotatable bonds is 3. The minimum atomic E-state index is -0.201. The van der Waals surface area contributed by atoms with E-state index in [-0.39, 0.29) is 5.82 Å². The van der Waals surface area contributed by atoms with Crippen molar-refractivity contribution < 1.29 is 4.39 Å². The molecule has 0 bridgehead atoms.